The number of alkyl halides is 3. The van der Waals surface area contributed by atoms with Crippen LogP contribution in [0.25, 0.3) is 0 Å². The Morgan fingerprint density at radius 2 is 1.92 bits per heavy atom. The lowest BCUT2D eigenvalue weighted by Gasteiger charge is -2.10. The van der Waals surface area contributed by atoms with Gasteiger partial charge in [-0.15, -0.1) is 0 Å². The van der Waals surface area contributed by atoms with E-state index in [1.165, 1.54) is 42.6 Å². The van der Waals surface area contributed by atoms with Crippen molar-refractivity contribution >= 4 is 21.6 Å². The Morgan fingerprint density at radius 1 is 1.16 bits per heavy atom. The molecule has 1 aromatic carbocycles. The van der Waals surface area contributed by atoms with E-state index in [9.17, 15) is 26.4 Å². The second-order valence-corrected chi connectivity index (χ2v) is 6.68. The van der Waals surface area contributed by atoms with Gasteiger partial charge in [0.2, 0.25) is 0 Å². The number of anilines is 1. The van der Waals surface area contributed by atoms with E-state index in [2.05, 4.69) is 15.0 Å². The minimum Gasteiger partial charge on any atom is -0.352 e. The highest BCUT2D eigenvalue weighted by atomic mass is 32.2. The average molecular weight is 373 g/mol. The first kappa shape index (κ1) is 18.7. The summed E-state index contributed by atoms with van der Waals surface area (Å²) in [5.74, 6) is -0.730. The number of halogens is 3. The van der Waals surface area contributed by atoms with Gasteiger partial charge in [-0.25, -0.2) is 8.42 Å². The molecule has 0 unspecified atom stereocenters. The Balaban J connectivity index is 2.07. The minimum absolute atomic E-state index is 0.0357. The normalized spacial score (nSPS) is 11.8. The van der Waals surface area contributed by atoms with Crippen LogP contribution in [0.2, 0.25) is 0 Å². The van der Waals surface area contributed by atoms with Gasteiger partial charge in [0.05, 0.1) is 6.42 Å². The lowest BCUT2D eigenvalue weighted by atomic mass is 10.2. The van der Waals surface area contributed by atoms with Crippen LogP contribution in [0.3, 0.4) is 0 Å². The number of carbonyl (C=O) groups excluding carboxylic acids is 1. The molecule has 0 bridgehead atoms. The molecule has 0 aliphatic heterocycles. The lowest BCUT2D eigenvalue weighted by Crippen LogP contribution is -2.28. The Labute approximate surface area is 142 Å². The monoisotopic (exact) mass is 373 g/mol. The van der Waals surface area contributed by atoms with E-state index in [0.29, 0.717) is 0 Å². The number of benzene rings is 1. The Bertz CT molecular complexity index is 840. The predicted octanol–water partition coefficient (Wildman–Crippen LogP) is 2.56. The molecule has 2 aromatic rings. The molecule has 0 saturated heterocycles. The fraction of sp³-hybridized carbons (Fsp3) is 0.200. The molecule has 0 spiro atoms. The van der Waals surface area contributed by atoms with Crippen LogP contribution in [0.1, 0.15) is 16.8 Å². The third kappa shape index (κ3) is 5.75. The quantitative estimate of drug-likeness (QED) is 0.815. The molecule has 2 N–H and O–H groups in total. The summed E-state index contributed by atoms with van der Waals surface area (Å²) < 4.78 is 62.9. The smallest absolute Gasteiger partial charge is 0.352 e. The molecule has 134 valence electrons. The van der Waals surface area contributed by atoms with Gasteiger partial charge >= 0.3 is 6.18 Å². The van der Waals surface area contributed by atoms with Crippen molar-refractivity contribution in [2.75, 3.05) is 11.3 Å². The molecule has 0 saturated carbocycles. The number of sulfonamides is 1. The lowest BCUT2D eigenvalue weighted by molar-refractivity contribution is -0.132. The van der Waals surface area contributed by atoms with Crippen molar-refractivity contribution in [1.29, 1.82) is 0 Å². The van der Waals surface area contributed by atoms with Gasteiger partial charge in [0, 0.05) is 30.2 Å². The summed E-state index contributed by atoms with van der Waals surface area (Å²) in [5.41, 5.74) is 0.140. The van der Waals surface area contributed by atoms with Gasteiger partial charge in [-0.1, -0.05) is 6.07 Å². The minimum atomic E-state index is -4.37. The summed E-state index contributed by atoms with van der Waals surface area (Å²) in [6, 6.07) is 8.24. The second kappa shape index (κ2) is 7.51. The van der Waals surface area contributed by atoms with E-state index in [0.717, 1.165) is 6.20 Å². The summed E-state index contributed by atoms with van der Waals surface area (Å²) >= 11 is 0. The molecule has 1 heterocycles. The highest BCUT2D eigenvalue weighted by Gasteiger charge is 2.26. The maximum Gasteiger partial charge on any atom is 0.390 e. The molecule has 1 amide bonds. The van der Waals surface area contributed by atoms with Crippen molar-refractivity contribution < 1.29 is 26.4 Å². The van der Waals surface area contributed by atoms with Gasteiger partial charge in [0.15, 0.2) is 0 Å². The standard InChI is InChI=1S/C15H14F3N3O3S/c16-15(17,18)6-8-20-14(22)11-3-1-4-12(9-11)21-25(23,24)13-5-2-7-19-10-13/h1-5,7,9-10,21H,6,8H2,(H,20,22). The summed E-state index contributed by atoms with van der Waals surface area (Å²) in [4.78, 5) is 15.5. The molecule has 0 aliphatic rings. The number of carbonyl (C=O) groups is 1. The van der Waals surface area contributed by atoms with Crippen LogP contribution in [-0.4, -0.2) is 32.0 Å². The summed E-state index contributed by atoms with van der Waals surface area (Å²) in [6.45, 7) is -0.562. The van der Waals surface area contributed by atoms with Crippen molar-refractivity contribution in [2.45, 2.75) is 17.5 Å². The van der Waals surface area contributed by atoms with Gasteiger partial charge in [-0.3, -0.25) is 14.5 Å². The first-order chi connectivity index (χ1) is 11.7. The van der Waals surface area contributed by atoms with E-state index in [4.69, 9.17) is 0 Å². The number of amides is 1. The van der Waals surface area contributed by atoms with Crippen LogP contribution in [0, 0.1) is 0 Å². The number of rotatable bonds is 6. The summed E-state index contributed by atoms with van der Waals surface area (Å²) in [7, 11) is -3.89. The number of hydrogen-bond donors (Lipinski definition) is 2. The molecule has 25 heavy (non-hydrogen) atoms. The highest BCUT2D eigenvalue weighted by molar-refractivity contribution is 7.92. The molecule has 0 fully saturated rings. The highest BCUT2D eigenvalue weighted by Crippen LogP contribution is 2.19. The SMILES string of the molecule is O=C(NCCC(F)(F)F)c1cccc(NS(=O)(=O)c2cccnc2)c1. The van der Waals surface area contributed by atoms with Gasteiger partial charge in [0.25, 0.3) is 15.9 Å². The van der Waals surface area contributed by atoms with Gasteiger partial charge in [-0.05, 0) is 30.3 Å². The van der Waals surface area contributed by atoms with Crippen LogP contribution in [0.5, 0.6) is 0 Å². The van der Waals surface area contributed by atoms with Crippen molar-refractivity contribution in [3.8, 4) is 0 Å². The maximum absolute atomic E-state index is 12.2. The van der Waals surface area contributed by atoms with E-state index in [1.54, 1.807) is 0 Å². The first-order valence-electron chi connectivity index (χ1n) is 7.05. The molecule has 2 rings (SSSR count). The third-order valence-electron chi connectivity index (χ3n) is 3.02. The molecular weight excluding hydrogens is 359 g/mol. The van der Waals surface area contributed by atoms with Crippen LogP contribution < -0.4 is 10.0 Å². The van der Waals surface area contributed by atoms with E-state index >= 15 is 0 Å². The zero-order valence-electron chi connectivity index (χ0n) is 12.7. The third-order valence-corrected chi connectivity index (χ3v) is 4.38. The van der Waals surface area contributed by atoms with Crippen LogP contribution in [0.15, 0.2) is 53.7 Å². The van der Waals surface area contributed by atoms with Crippen LogP contribution in [0.4, 0.5) is 18.9 Å². The predicted molar refractivity (Wildman–Crippen MR) is 84.5 cm³/mol. The van der Waals surface area contributed by atoms with Crippen molar-refractivity contribution in [3.05, 3.63) is 54.4 Å². The number of aromatic nitrogens is 1. The zero-order chi connectivity index (χ0) is 18.5. The molecule has 0 atom stereocenters. The van der Waals surface area contributed by atoms with E-state index in [-0.39, 0.29) is 16.1 Å². The first-order valence-corrected chi connectivity index (χ1v) is 8.53. The Kier molecular flexibility index (Phi) is 5.62. The molecular formula is C15H14F3N3O3S. The summed E-state index contributed by atoms with van der Waals surface area (Å²) in [5, 5.41) is 2.13. The van der Waals surface area contributed by atoms with Crippen LogP contribution >= 0.6 is 0 Å². The molecule has 6 nitrogen and oxygen atoms in total. The second-order valence-electron chi connectivity index (χ2n) is 5.00. The van der Waals surface area contributed by atoms with Gasteiger partial charge in [-0.2, -0.15) is 13.2 Å². The topological polar surface area (TPSA) is 88.2 Å². The van der Waals surface area contributed by atoms with Gasteiger partial charge < -0.3 is 5.32 Å². The Morgan fingerprint density at radius 3 is 2.56 bits per heavy atom. The van der Waals surface area contributed by atoms with Crippen LogP contribution in [-0.2, 0) is 10.0 Å². The fourth-order valence-electron chi connectivity index (χ4n) is 1.86. The average Bonchev–Trinajstić information content (AvgIpc) is 2.54. The fourth-order valence-corrected chi connectivity index (χ4v) is 2.88. The molecule has 0 aliphatic carbocycles. The molecule has 10 heteroatoms. The van der Waals surface area contributed by atoms with Crippen molar-refractivity contribution in [3.63, 3.8) is 0 Å². The molecule has 1 aromatic heterocycles. The Hall–Kier alpha value is -2.62. The van der Waals surface area contributed by atoms with E-state index in [1.807, 2.05) is 0 Å². The number of hydrogen-bond acceptors (Lipinski definition) is 4. The number of nitrogens with one attached hydrogen (secondary N) is 2. The van der Waals surface area contributed by atoms with Crippen molar-refractivity contribution in [2.24, 2.45) is 0 Å². The van der Waals surface area contributed by atoms with E-state index < -0.39 is 35.1 Å². The largest absolute Gasteiger partial charge is 0.390 e. The zero-order valence-corrected chi connectivity index (χ0v) is 13.6. The van der Waals surface area contributed by atoms with Crippen molar-refractivity contribution in [1.82, 2.24) is 10.3 Å². The maximum atomic E-state index is 12.2. The number of nitrogens with zero attached hydrogens (tertiary/aromatic N) is 1. The molecule has 0 radical (unpaired) electrons. The number of pyridine rings is 1. The summed E-state index contributed by atoms with van der Waals surface area (Å²) in [6.07, 6.45) is -2.93. The van der Waals surface area contributed by atoms with Gasteiger partial charge in [0.1, 0.15) is 4.90 Å².